The molecule has 32 heavy (non-hydrogen) atoms. The summed E-state index contributed by atoms with van der Waals surface area (Å²) in [5.74, 6) is 0.375. The first-order valence-corrected chi connectivity index (χ1v) is 11.7. The average molecular weight is 447 g/mol. The van der Waals surface area contributed by atoms with Crippen molar-refractivity contribution in [3.05, 3.63) is 63.5 Å². The predicted octanol–water partition coefficient (Wildman–Crippen LogP) is 6.68. The number of rotatable bonds is 2. The molecule has 2 heterocycles. The van der Waals surface area contributed by atoms with Gasteiger partial charge in [-0.3, -0.25) is 4.98 Å². The van der Waals surface area contributed by atoms with Crippen LogP contribution in [0.15, 0.2) is 24.3 Å². The summed E-state index contributed by atoms with van der Waals surface area (Å²) >= 11 is 0. The standard InChI is InChI=1S/C26H30F3NO2/c1-14-23-22(24(32-14)16-8-10-17(11-9-16)26(27,28)29)20(15-6-4-5-7-15)21-18(30-23)12-25(2,3)13-19(21)31/h8-11,14-15,19,24,31H,4-7,12-13H2,1-3H3/p+1. The van der Waals surface area contributed by atoms with Gasteiger partial charge < -0.3 is 9.84 Å². The summed E-state index contributed by atoms with van der Waals surface area (Å²) in [4.78, 5) is 5.06. The quantitative estimate of drug-likeness (QED) is 0.483. The van der Waals surface area contributed by atoms with Crippen LogP contribution in [-0.2, 0) is 17.3 Å². The fraction of sp³-hybridized carbons (Fsp3) is 0.577. The molecule has 0 bridgehead atoms. The molecular weight excluding hydrogens is 415 g/mol. The van der Waals surface area contributed by atoms with Gasteiger partial charge in [-0.05, 0) is 60.8 Å². The zero-order chi connectivity index (χ0) is 22.8. The molecular formula is C26H31F3NO2+. The maximum atomic E-state index is 13.1. The third kappa shape index (κ3) is 3.65. The Balaban J connectivity index is 1.67. The van der Waals surface area contributed by atoms with Crippen LogP contribution in [-0.4, -0.2) is 10.1 Å². The normalized spacial score (nSPS) is 27.4. The SMILES string of the molecule is CC1OC(c2ccc(C(F)(F)F)cc2)c2c1nc1c(c2C2CCCC2)C([OH2+])CC(C)(C)C1. The van der Waals surface area contributed by atoms with Crippen LogP contribution in [0.25, 0.3) is 0 Å². The first-order chi connectivity index (χ1) is 15.0. The Labute approximate surface area is 187 Å². The largest absolute Gasteiger partial charge is 0.440 e. The third-order valence-electron chi connectivity index (χ3n) is 7.47. The maximum absolute atomic E-state index is 13.1. The van der Waals surface area contributed by atoms with E-state index in [1.54, 1.807) is 0 Å². The first-order valence-electron chi connectivity index (χ1n) is 11.7. The number of aromatic nitrogens is 1. The second-order valence-corrected chi connectivity index (χ2v) is 10.5. The minimum Gasteiger partial charge on any atom is -0.440 e. The topological polar surface area (TPSA) is 45.0 Å². The van der Waals surface area contributed by atoms with Crippen molar-refractivity contribution >= 4 is 0 Å². The average Bonchev–Trinajstić information content (AvgIpc) is 3.34. The molecule has 3 atom stereocenters. The highest BCUT2D eigenvalue weighted by Crippen LogP contribution is 2.53. The summed E-state index contributed by atoms with van der Waals surface area (Å²) in [6.45, 7) is 6.38. The Morgan fingerprint density at radius 1 is 1.03 bits per heavy atom. The molecule has 3 nitrogen and oxygen atoms in total. The van der Waals surface area contributed by atoms with Crippen molar-refractivity contribution in [3.63, 3.8) is 0 Å². The van der Waals surface area contributed by atoms with Crippen LogP contribution in [0, 0.1) is 5.41 Å². The number of fused-ring (bicyclic) bond motifs is 2. The highest BCUT2D eigenvalue weighted by atomic mass is 19.4. The van der Waals surface area contributed by atoms with Gasteiger partial charge in [-0.15, -0.1) is 0 Å². The lowest BCUT2D eigenvalue weighted by Crippen LogP contribution is -2.29. The minimum atomic E-state index is -4.36. The summed E-state index contributed by atoms with van der Waals surface area (Å²) in [5.41, 5.74) is 5.38. The van der Waals surface area contributed by atoms with E-state index in [-0.39, 0.29) is 17.6 Å². The second kappa shape index (κ2) is 7.56. The van der Waals surface area contributed by atoms with Crippen molar-refractivity contribution in [2.24, 2.45) is 5.41 Å². The van der Waals surface area contributed by atoms with E-state index in [0.717, 1.165) is 65.9 Å². The van der Waals surface area contributed by atoms with Gasteiger partial charge in [0.2, 0.25) is 0 Å². The highest BCUT2D eigenvalue weighted by molar-refractivity contribution is 5.52. The van der Waals surface area contributed by atoms with E-state index in [0.29, 0.717) is 5.92 Å². The molecule has 2 aliphatic carbocycles. The van der Waals surface area contributed by atoms with E-state index in [4.69, 9.17) is 14.8 Å². The summed E-state index contributed by atoms with van der Waals surface area (Å²) in [6, 6.07) is 5.35. The summed E-state index contributed by atoms with van der Waals surface area (Å²) in [6.07, 6.45) is 0.824. The Bertz CT molecular complexity index is 1020. The molecule has 5 rings (SSSR count). The van der Waals surface area contributed by atoms with Gasteiger partial charge in [-0.1, -0.05) is 38.8 Å². The Hall–Kier alpha value is -1.92. The van der Waals surface area contributed by atoms with Crippen LogP contribution < -0.4 is 0 Å². The van der Waals surface area contributed by atoms with Crippen molar-refractivity contribution in [3.8, 4) is 0 Å². The molecule has 0 saturated heterocycles. The summed E-state index contributed by atoms with van der Waals surface area (Å²) in [5, 5.41) is 8.99. The molecule has 2 aromatic rings. The molecule has 1 fully saturated rings. The van der Waals surface area contributed by atoms with Crippen LogP contribution in [0.5, 0.6) is 0 Å². The highest BCUT2D eigenvalue weighted by Gasteiger charge is 2.44. The van der Waals surface area contributed by atoms with Gasteiger partial charge in [-0.2, -0.15) is 13.2 Å². The van der Waals surface area contributed by atoms with Crippen LogP contribution >= 0.6 is 0 Å². The van der Waals surface area contributed by atoms with Crippen LogP contribution in [0.2, 0.25) is 0 Å². The molecule has 3 unspecified atom stereocenters. The molecule has 1 aliphatic heterocycles. The van der Waals surface area contributed by atoms with E-state index < -0.39 is 17.8 Å². The Kier molecular flexibility index (Phi) is 5.17. The number of halogens is 3. The van der Waals surface area contributed by atoms with Gasteiger partial charge in [0.25, 0.3) is 0 Å². The molecule has 0 amide bonds. The number of nitrogens with zero attached hydrogens (tertiary/aromatic N) is 1. The lowest BCUT2D eigenvalue weighted by atomic mass is 9.71. The molecule has 172 valence electrons. The zero-order valence-corrected chi connectivity index (χ0v) is 18.9. The lowest BCUT2D eigenvalue weighted by Gasteiger charge is -2.35. The van der Waals surface area contributed by atoms with Gasteiger partial charge >= 0.3 is 6.18 Å². The van der Waals surface area contributed by atoms with Crippen molar-refractivity contribution in [2.75, 3.05) is 0 Å². The van der Waals surface area contributed by atoms with E-state index in [1.807, 2.05) is 6.92 Å². The molecule has 1 saturated carbocycles. The molecule has 2 N–H and O–H groups in total. The number of ether oxygens (including phenoxy) is 1. The molecule has 1 aromatic heterocycles. The molecule has 0 radical (unpaired) electrons. The molecule has 3 aliphatic rings. The van der Waals surface area contributed by atoms with E-state index in [2.05, 4.69) is 13.8 Å². The van der Waals surface area contributed by atoms with E-state index in [9.17, 15) is 13.2 Å². The van der Waals surface area contributed by atoms with Crippen molar-refractivity contribution < 1.29 is 23.0 Å². The van der Waals surface area contributed by atoms with E-state index >= 15 is 0 Å². The smallest absolute Gasteiger partial charge is 0.416 e. The number of hydrogen-bond acceptors (Lipinski definition) is 2. The van der Waals surface area contributed by atoms with Crippen molar-refractivity contribution in [1.82, 2.24) is 4.98 Å². The monoisotopic (exact) mass is 446 g/mol. The third-order valence-corrected chi connectivity index (χ3v) is 7.47. The molecule has 0 spiro atoms. The molecule has 6 heteroatoms. The predicted molar refractivity (Wildman–Crippen MR) is 117 cm³/mol. The minimum absolute atomic E-state index is 0.0309. The first kappa shape index (κ1) is 21.9. The fourth-order valence-corrected chi connectivity index (χ4v) is 6.08. The van der Waals surface area contributed by atoms with Gasteiger partial charge in [0.05, 0.1) is 28.6 Å². The van der Waals surface area contributed by atoms with Crippen LogP contribution in [0.4, 0.5) is 13.2 Å². The van der Waals surface area contributed by atoms with Crippen molar-refractivity contribution in [1.29, 1.82) is 0 Å². The Morgan fingerprint density at radius 2 is 1.69 bits per heavy atom. The number of benzene rings is 1. The van der Waals surface area contributed by atoms with Gasteiger partial charge in [0.1, 0.15) is 6.10 Å². The number of pyridine rings is 1. The summed E-state index contributed by atoms with van der Waals surface area (Å²) in [7, 11) is 0. The maximum Gasteiger partial charge on any atom is 0.416 e. The van der Waals surface area contributed by atoms with Gasteiger partial charge in [0.15, 0.2) is 6.10 Å². The van der Waals surface area contributed by atoms with Gasteiger partial charge in [0, 0.05) is 12.0 Å². The number of hydrogen-bond donors (Lipinski definition) is 0. The second-order valence-electron chi connectivity index (χ2n) is 10.5. The van der Waals surface area contributed by atoms with Crippen LogP contribution in [0.3, 0.4) is 0 Å². The Morgan fingerprint density at radius 3 is 2.31 bits per heavy atom. The summed E-state index contributed by atoms with van der Waals surface area (Å²) < 4.78 is 45.6. The lowest BCUT2D eigenvalue weighted by molar-refractivity contribution is -0.137. The fourth-order valence-electron chi connectivity index (χ4n) is 6.08. The number of alkyl halides is 3. The van der Waals surface area contributed by atoms with Crippen LogP contribution in [0.1, 0.15) is 116 Å². The van der Waals surface area contributed by atoms with E-state index in [1.165, 1.54) is 30.5 Å². The molecule has 1 aromatic carbocycles. The van der Waals surface area contributed by atoms with Gasteiger partial charge in [-0.25, -0.2) is 0 Å². The zero-order valence-electron chi connectivity index (χ0n) is 18.9. The van der Waals surface area contributed by atoms with Crippen molar-refractivity contribution in [2.45, 2.75) is 89.7 Å².